The first-order valence-corrected chi connectivity index (χ1v) is 7.99. The second kappa shape index (κ2) is 6.26. The minimum Gasteiger partial charge on any atom is -0.342 e. The lowest BCUT2D eigenvalue weighted by Crippen LogP contribution is -2.57. The fourth-order valence-corrected chi connectivity index (χ4v) is 3.10. The fourth-order valence-electron chi connectivity index (χ4n) is 3.10. The van der Waals surface area contributed by atoms with Gasteiger partial charge in [-0.1, -0.05) is 6.92 Å². The molecule has 124 valence electrons. The van der Waals surface area contributed by atoms with Crippen LogP contribution in [0.5, 0.6) is 0 Å². The molecule has 2 saturated heterocycles. The highest BCUT2D eigenvalue weighted by atomic mass is 19.2. The van der Waals surface area contributed by atoms with Crippen LogP contribution in [0.4, 0.5) is 8.78 Å². The molecule has 0 aliphatic carbocycles. The standard InChI is InChI=1S/C17H20F2N2O2/c1-11-4-6-20(7-5-11)17(23)13-9-21(10-13)16(22)12-2-3-14(18)15(19)8-12/h2-3,8,11,13H,4-7,9-10H2,1H3. The number of likely N-dealkylation sites (tertiary alicyclic amines) is 2. The van der Waals surface area contributed by atoms with Crippen LogP contribution in [-0.4, -0.2) is 47.8 Å². The van der Waals surface area contributed by atoms with Crippen LogP contribution in [0.2, 0.25) is 0 Å². The van der Waals surface area contributed by atoms with Crippen molar-refractivity contribution in [2.75, 3.05) is 26.2 Å². The summed E-state index contributed by atoms with van der Waals surface area (Å²) in [4.78, 5) is 27.9. The van der Waals surface area contributed by atoms with Crippen molar-refractivity contribution in [2.45, 2.75) is 19.8 Å². The average molecular weight is 322 g/mol. The fraction of sp³-hybridized carbons (Fsp3) is 0.529. The molecule has 1 aromatic carbocycles. The molecule has 4 nitrogen and oxygen atoms in total. The van der Waals surface area contributed by atoms with Crippen molar-refractivity contribution in [1.82, 2.24) is 9.80 Å². The van der Waals surface area contributed by atoms with E-state index < -0.39 is 11.6 Å². The third-order valence-electron chi connectivity index (χ3n) is 4.78. The van der Waals surface area contributed by atoms with E-state index in [2.05, 4.69) is 6.92 Å². The van der Waals surface area contributed by atoms with Crippen LogP contribution >= 0.6 is 0 Å². The average Bonchev–Trinajstić information content (AvgIpc) is 2.49. The Kier molecular flexibility index (Phi) is 4.33. The van der Waals surface area contributed by atoms with Gasteiger partial charge in [0.25, 0.3) is 5.91 Å². The summed E-state index contributed by atoms with van der Waals surface area (Å²) in [5, 5.41) is 0. The molecule has 0 atom stereocenters. The minimum absolute atomic E-state index is 0.103. The quantitative estimate of drug-likeness (QED) is 0.838. The van der Waals surface area contributed by atoms with Crippen LogP contribution in [0.25, 0.3) is 0 Å². The molecule has 0 aromatic heterocycles. The van der Waals surface area contributed by atoms with Gasteiger partial charge in [-0.3, -0.25) is 9.59 Å². The van der Waals surface area contributed by atoms with Crippen LogP contribution in [0.3, 0.4) is 0 Å². The van der Waals surface area contributed by atoms with E-state index >= 15 is 0 Å². The zero-order valence-corrected chi connectivity index (χ0v) is 13.1. The smallest absolute Gasteiger partial charge is 0.254 e. The Labute approximate surface area is 134 Å². The maximum absolute atomic E-state index is 13.2. The van der Waals surface area contributed by atoms with Crippen molar-refractivity contribution in [3.05, 3.63) is 35.4 Å². The molecular weight excluding hydrogens is 302 g/mol. The van der Waals surface area contributed by atoms with E-state index in [-0.39, 0.29) is 23.3 Å². The van der Waals surface area contributed by atoms with E-state index in [9.17, 15) is 18.4 Å². The van der Waals surface area contributed by atoms with Crippen molar-refractivity contribution in [1.29, 1.82) is 0 Å². The molecule has 0 N–H and O–H groups in total. The number of rotatable bonds is 2. The van der Waals surface area contributed by atoms with Crippen molar-refractivity contribution in [2.24, 2.45) is 11.8 Å². The Bertz CT molecular complexity index is 621. The second-order valence-corrected chi connectivity index (χ2v) is 6.54. The molecule has 0 bridgehead atoms. The number of hydrogen-bond donors (Lipinski definition) is 0. The molecule has 23 heavy (non-hydrogen) atoms. The van der Waals surface area contributed by atoms with Gasteiger partial charge in [0.05, 0.1) is 5.92 Å². The summed E-state index contributed by atoms with van der Waals surface area (Å²) >= 11 is 0. The molecule has 2 amide bonds. The van der Waals surface area contributed by atoms with Gasteiger partial charge < -0.3 is 9.80 Å². The topological polar surface area (TPSA) is 40.6 Å². The van der Waals surface area contributed by atoms with Crippen molar-refractivity contribution >= 4 is 11.8 Å². The molecule has 0 radical (unpaired) electrons. The molecule has 2 aliphatic rings. The molecule has 1 aromatic rings. The first kappa shape index (κ1) is 15.9. The molecule has 2 heterocycles. The number of nitrogens with zero attached hydrogens (tertiary/aromatic N) is 2. The molecule has 2 aliphatic heterocycles. The van der Waals surface area contributed by atoms with Gasteiger partial charge in [0.1, 0.15) is 0 Å². The first-order chi connectivity index (χ1) is 11.0. The Balaban J connectivity index is 1.55. The molecule has 6 heteroatoms. The maximum Gasteiger partial charge on any atom is 0.254 e. The van der Waals surface area contributed by atoms with Gasteiger partial charge in [0.2, 0.25) is 5.91 Å². The van der Waals surface area contributed by atoms with E-state index in [1.807, 2.05) is 4.90 Å². The van der Waals surface area contributed by atoms with Gasteiger partial charge >= 0.3 is 0 Å². The van der Waals surface area contributed by atoms with Gasteiger partial charge in [-0.25, -0.2) is 8.78 Å². The van der Waals surface area contributed by atoms with Crippen molar-refractivity contribution in [3.8, 4) is 0 Å². The lowest BCUT2D eigenvalue weighted by molar-refractivity contribution is -0.141. The summed E-state index contributed by atoms with van der Waals surface area (Å²) in [5.41, 5.74) is 0.113. The molecule has 3 rings (SSSR count). The number of piperidine rings is 1. The summed E-state index contributed by atoms with van der Waals surface area (Å²) in [6.45, 7) is 4.46. The maximum atomic E-state index is 13.2. The number of carbonyl (C=O) groups is 2. The Morgan fingerprint density at radius 1 is 1.04 bits per heavy atom. The van der Waals surface area contributed by atoms with Crippen LogP contribution in [0.1, 0.15) is 30.1 Å². The van der Waals surface area contributed by atoms with E-state index in [1.165, 1.54) is 11.0 Å². The molecule has 0 saturated carbocycles. The van der Waals surface area contributed by atoms with Gasteiger partial charge in [-0.05, 0) is 37.0 Å². The highest BCUT2D eigenvalue weighted by Crippen LogP contribution is 2.24. The van der Waals surface area contributed by atoms with E-state index in [0.29, 0.717) is 19.0 Å². The third kappa shape index (κ3) is 3.21. The molecule has 0 spiro atoms. The van der Waals surface area contributed by atoms with Gasteiger partial charge in [-0.15, -0.1) is 0 Å². The van der Waals surface area contributed by atoms with E-state index in [4.69, 9.17) is 0 Å². The lowest BCUT2D eigenvalue weighted by Gasteiger charge is -2.42. The van der Waals surface area contributed by atoms with Crippen LogP contribution in [0, 0.1) is 23.5 Å². The van der Waals surface area contributed by atoms with E-state index in [1.54, 1.807) is 0 Å². The molecule has 0 unspecified atom stereocenters. The molecule has 2 fully saturated rings. The zero-order chi connectivity index (χ0) is 16.6. The lowest BCUT2D eigenvalue weighted by atomic mass is 9.94. The minimum atomic E-state index is -1.04. The van der Waals surface area contributed by atoms with Crippen LogP contribution in [0.15, 0.2) is 18.2 Å². The largest absolute Gasteiger partial charge is 0.342 e. The van der Waals surface area contributed by atoms with Gasteiger partial charge in [-0.2, -0.15) is 0 Å². The Morgan fingerprint density at radius 3 is 2.30 bits per heavy atom. The zero-order valence-electron chi connectivity index (χ0n) is 13.1. The number of halogens is 2. The number of benzene rings is 1. The Morgan fingerprint density at radius 2 is 1.70 bits per heavy atom. The SMILES string of the molecule is CC1CCN(C(=O)C2CN(C(=O)c3ccc(F)c(F)c3)C2)CC1. The summed E-state index contributed by atoms with van der Waals surface area (Å²) in [6, 6.07) is 3.11. The summed E-state index contributed by atoms with van der Waals surface area (Å²) < 4.78 is 26.1. The number of amides is 2. The molecular formula is C17H20F2N2O2. The summed E-state index contributed by atoms with van der Waals surface area (Å²) in [5.74, 6) is -1.78. The highest BCUT2D eigenvalue weighted by Gasteiger charge is 2.38. The first-order valence-electron chi connectivity index (χ1n) is 7.99. The van der Waals surface area contributed by atoms with E-state index in [0.717, 1.165) is 38.1 Å². The predicted molar refractivity (Wildman–Crippen MR) is 80.7 cm³/mol. The summed E-state index contributed by atoms with van der Waals surface area (Å²) in [7, 11) is 0. The van der Waals surface area contributed by atoms with Gasteiger partial charge in [0.15, 0.2) is 11.6 Å². The second-order valence-electron chi connectivity index (χ2n) is 6.54. The normalized spacial score (nSPS) is 19.6. The highest BCUT2D eigenvalue weighted by molar-refractivity contribution is 5.96. The predicted octanol–water partition coefficient (Wildman–Crippen LogP) is 2.30. The number of carbonyl (C=O) groups excluding carboxylic acids is 2. The van der Waals surface area contributed by atoms with Crippen LogP contribution < -0.4 is 0 Å². The monoisotopic (exact) mass is 322 g/mol. The van der Waals surface area contributed by atoms with Gasteiger partial charge in [0, 0.05) is 31.7 Å². The van der Waals surface area contributed by atoms with Crippen molar-refractivity contribution < 1.29 is 18.4 Å². The Hall–Kier alpha value is -1.98. The third-order valence-corrected chi connectivity index (χ3v) is 4.78. The van der Waals surface area contributed by atoms with Crippen LogP contribution in [-0.2, 0) is 4.79 Å². The van der Waals surface area contributed by atoms with Crippen molar-refractivity contribution in [3.63, 3.8) is 0 Å². The number of hydrogen-bond acceptors (Lipinski definition) is 2. The summed E-state index contributed by atoms with van der Waals surface area (Å²) in [6.07, 6.45) is 2.05.